The van der Waals surface area contributed by atoms with Gasteiger partial charge in [-0.25, -0.2) is 5.43 Å². The average Bonchev–Trinajstić information content (AvgIpc) is 3.44. The molecule has 2 heterocycles. The SMILES string of the molecule is CN1NCc2cc(-c3ccc(C(=O)N4CCN(C(=O)C5(O)CC5)CC4)cc3)ccc21. The Morgan fingerprint density at radius 3 is 2.23 bits per heavy atom. The first-order chi connectivity index (χ1) is 14.4. The van der Waals surface area contributed by atoms with E-state index in [-0.39, 0.29) is 11.8 Å². The Morgan fingerprint density at radius 1 is 0.933 bits per heavy atom. The molecule has 1 saturated carbocycles. The lowest BCUT2D eigenvalue weighted by Crippen LogP contribution is -2.53. The van der Waals surface area contributed by atoms with Gasteiger partial charge in [0.15, 0.2) is 0 Å². The van der Waals surface area contributed by atoms with E-state index in [0.29, 0.717) is 44.6 Å². The van der Waals surface area contributed by atoms with Gasteiger partial charge in [-0.2, -0.15) is 0 Å². The molecule has 0 bridgehead atoms. The fourth-order valence-corrected chi connectivity index (χ4v) is 4.25. The first-order valence-corrected chi connectivity index (χ1v) is 10.5. The Kier molecular flexibility index (Phi) is 4.52. The molecule has 1 saturated heterocycles. The summed E-state index contributed by atoms with van der Waals surface area (Å²) in [6.45, 7) is 2.76. The Balaban J connectivity index is 1.24. The van der Waals surface area contributed by atoms with Crippen LogP contribution in [0, 0.1) is 0 Å². The zero-order chi connectivity index (χ0) is 20.9. The fraction of sp³-hybridized carbons (Fsp3) is 0.391. The number of piperazine rings is 1. The van der Waals surface area contributed by atoms with Crippen LogP contribution >= 0.6 is 0 Å². The quantitative estimate of drug-likeness (QED) is 0.810. The highest BCUT2D eigenvalue weighted by atomic mass is 16.3. The lowest BCUT2D eigenvalue weighted by atomic mass is 10.0. The summed E-state index contributed by atoms with van der Waals surface area (Å²) in [5.41, 5.74) is 7.48. The zero-order valence-corrected chi connectivity index (χ0v) is 17.1. The van der Waals surface area contributed by atoms with E-state index in [1.807, 2.05) is 36.3 Å². The predicted octanol–water partition coefficient (Wildman–Crippen LogP) is 1.62. The minimum atomic E-state index is -1.13. The van der Waals surface area contributed by atoms with E-state index >= 15 is 0 Å². The first kappa shape index (κ1) is 19.1. The van der Waals surface area contributed by atoms with Gasteiger partial charge in [0.05, 0.1) is 5.69 Å². The molecule has 2 aliphatic heterocycles. The Bertz CT molecular complexity index is 992. The molecule has 7 heteroatoms. The lowest BCUT2D eigenvalue weighted by molar-refractivity contribution is -0.143. The van der Waals surface area contributed by atoms with Crippen molar-refractivity contribution in [3.63, 3.8) is 0 Å². The van der Waals surface area contributed by atoms with Crippen LogP contribution in [0.25, 0.3) is 11.1 Å². The van der Waals surface area contributed by atoms with Crippen molar-refractivity contribution in [1.29, 1.82) is 0 Å². The van der Waals surface area contributed by atoms with Crippen LogP contribution in [0.1, 0.15) is 28.8 Å². The highest BCUT2D eigenvalue weighted by molar-refractivity contribution is 5.95. The number of carbonyl (C=O) groups is 2. The van der Waals surface area contributed by atoms with Gasteiger partial charge in [-0.05, 0) is 53.8 Å². The molecule has 1 aliphatic carbocycles. The van der Waals surface area contributed by atoms with E-state index in [0.717, 1.165) is 17.7 Å². The number of hydrazine groups is 1. The van der Waals surface area contributed by atoms with Crippen molar-refractivity contribution in [2.24, 2.45) is 0 Å². The molecule has 30 heavy (non-hydrogen) atoms. The Morgan fingerprint density at radius 2 is 1.57 bits per heavy atom. The maximum atomic E-state index is 12.9. The van der Waals surface area contributed by atoms with Crippen molar-refractivity contribution in [1.82, 2.24) is 15.2 Å². The molecule has 2 amide bonds. The van der Waals surface area contributed by atoms with Crippen LogP contribution in [0.4, 0.5) is 5.69 Å². The molecule has 0 spiro atoms. The Labute approximate surface area is 175 Å². The van der Waals surface area contributed by atoms with Gasteiger partial charge in [0, 0.05) is 45.3 Å². The van der Waals surface area contributed by atoms with Crippen molar-refractivity contribution in [2.75, 3.05) is 38.2 Å². The second kappa shape index (κ2) is 7.11. The zero-order valence-electron chi connectivity index (χ0n) is 17.1. The number of benzene rings is 2. The second-order valence-corrected chi connectivity index (χ2v) is 8.43. The summed E-state index contributed by atoms with van der Waals surface area (Å²) < 4.78 is 0. The highest BCUT2D eigenvalue weighted by Gasteiger charge is 2.50. The Hall–Kier alpha value is -2.90. The largest absolute Gasteiger partial charge is 0.380 e. The number of fused-ring (bicyclic) bond motifs is 1. The van der Waals surface area contributed by atoms with E-state index in [2.05, 4.69) is 23.6 Å². The monoisotopic (exact) mass is 406 g/mol. The molecule has 2 N–H and O–H groups in total. The van der Waals surface area contributed by atoms with Crippen molar-refractivity contribution in [2.45, 2.75) is 25.0 Å². The number of hydrogen-bond donors (Lipinski definition) is 2. The van der Waals surface area contributed by atoms with Gasteiger partial charge in [0.2, 0.25) is 0 Å². The van der Waals surface area contributed by atoms with Crippen LogP contribution in [0.15, 0.2) is 42.5 Å². The fourth-order valence-electron chi connectivity index (χ4n) is 4.25. The van der Waals surface area contributed by atoms with E-state index < -0.39 is 5.60 Å². The van der Waals surface area contributed by atoms with Crippen LogP contribution < -0.4 is 10.4 Å². The summed E-state index contributed by atoms with van der Waals surface area (Å²) in [4.78, 5) is 28.6. The van der Waals surface area contributed by atoms with Gasteiger partial charge in [-0.1, -0.05) is 18.2 Å². The van der Waals surface area contributed by atoms with Crippen LogP contribution in [-0.4, -0.2) is 65.5 Å². The molecule has 5 rings (SSSR count). The van der Waals surface area contributed by atoms with Gasteiger partial charge in [-0.15, -0.1) is 0 Å². The summed E-state index contributed by atoms with van der Waals surface area (Å²) in [5.74, 6) is -0.201. The normalized spacial score (nSPS) is 19.6. The van der Waals surface area contributed by atoms with Crippen molar-refractivity contribution in [3.8, 4) is 11.1 Å². The molecule has 156 valence electrons. The topological polar surface area (TPSA) is 76.1 Å². The average molecular weight is 406 g/mol. The number of hydrogen-bond acceptors (Lipinski definition) is 5. The van der Waals surface area contributed by atoms with Crippen molar-refractivity contribution in [3.05, 3.63) is 53.6 Å². The minimum Gasteiger partial charge on any atom is -0.380 e. The third kappa shape index (κ3) is 3.34. The van der Waals surface area contributed by atoms with Crippen LogP contribution in [0.3, 0.4) is 0 Å². The molecule has 2 aromatic carbocycles. The van der Waals surface area contributed by atoms with Gasteiger partial charge in [0.25, 0.3) is 11.8 Å². The number of anilines is 1. The molecule has 0 unspecified atom stereocenters. The molecule has 3 aliphatic rings. The van der Waals surface area contributed by atoms with Crippen LogP contribution in [0.2, 0.25) is 0 Å². The van der Waals surface area contributed by atoms with E-state index in [9.17, 15) is 14.7 Å². The summed E-state index contributed by atoms with van der Waals surface area (Å²) in [6.07, 6.45) is 1.10. The van der Waals surface area contributed by atoms with Gasteiger partial charge >= 0.3 is 0 Å². The summed E-state index contributed by atoms with van der Waals surface area (Å²) in [7, 11) is 2.01. The maximum absolute atomic E-state index is 12.9. The van der Waals surface area contributed by atoms with Crippen molar-refractivity contribution >= 4 is 17.5 Å². The number of nitrogens with zero attached hydrogens (tertiary/aromatic N) is 3. The molecule has 7 nitrogen and oxygen atoms in total. The lowest BCUT2D eigenvalue weighted by Gasteiger charge is -2.35. The molecule has 0 aromatic heterocycles. The van der Waals surface area contributed by atoms with Gasteiger partial charge in [-0.3, -0.25) is 9.59 Å². The van der Waals surface area contributed by atoms with E-state index in [4.69, 9.17) is 0 Å². The summed E-state index contributed by atoms with van der Waals surface area (Å²) in [5, 5.41) is 12.0. The molecule has 2 fully saturated rings. The van der Waals surface area contributed by atoms with E-state index in [1.54, 1.807) is 9.80 Å². The highest BCUT2D eigenvalue weighted by Crippen LogP contribution is 2.37. The number of rotatable bonds is 3. The number of nitrogens with one attached hydrogen (secondary N) is 1. The maximum Gasteiger partial charge on any atom is 0.254 e. The standard InChI is InChI=1S/C23H26N4O3/c1-25-20-7-6-18(14-19(20)15-24-25)16-2-4-17(5-3-16)21(28)26-10-12-27(13-11-26)22(29)23(30)8-9-23/h2-7,14,24,30H,8-13,15H2,1H3. The third-order valence-electron chi connectivity index (χ3n) is 6.39. The van der Waals surface area contributed by atoms with E-state index in [1.165, 1.54) is 11.3 Å². The second-order valence-electron chi connectivity index (χ2n) is 8.43. The smallest absolute Gasteiger partial charge is 0.254 e. The number of amides is 2. The first-order valence-electron chi connectivity index (χ1n) is 10.5. The van der Waals surface area contributed by atoms with Crippen molar-refractivity contribution < 1.29 is 14.7 Å². The van der Waals surface area contributed by atoms with Crippen LogP contribution in [0.5, 0.6) is 0 Å². The predicted molar refractivity (Wildman–Crippen MR) is 114 cm³/mol. The molecular weight excluding hydrogens is 380 g/mol. The molecule has 2 aromatic rings. The van der Waals surface area contributed by atoms with Gasteiger partial charge < -0.3 is 19.9 Å². The van der Waals surface area contributed by atoms with Gasteiger partial charge in [0.1, 0.15) is 5.60 Å². The number of aliphatic hydroxyl groups is 1. The minimum absolute atomic E-state index is 0.0152. The third-order valence-corrected chi connectivity index (χ3v) is 6.39. The summed E-state index contributed by atoms with van der Waals surface area (Å²) >= 11 is 0. The molecule has 0 radical (unpaired) electrons. The van der Waals surface area contributed by atoms with Crippen LogP contribution in [-0.2, 0) is 11.3 Å². The summed E-state index contributed by atoms with van der Waals surface area (Å²) in [6, 6.07) is 14.1. The molecule has 0 atom stereocenters. The number of carbonyl (C=O) groups excluding carboxylic acids is 2. The molecular formula is C23H26N4O3.